The van der Waals surface area contributed by atoms with E-state index in [0.717, 1.165) is 6.54 Å². The highest BCUT2D eigenvalue weighted by atomic mass is 35.5. The minimum atomic E-state index is -1.01. The van der Waals surface area contributed by atoms with Crippen LogP contribution in [0.3, 0.4) is 0 Å². The van der Waals surface area contributed by atoms with Gasteiger partial charge in [-0.1, -0.05) is 78.9 Å². The highest BCUT2D eigenvalue weighted by Crippen LogP contribution is 2.34. The molecule has 1 fully saturated rings. The molecule has 224 valence electrons. The first-order valence-corrected chi connectivity index (χ1v) is 14.6. The zero-order valence-electron chi connectivity index (χ0n) is 24.4. The Labute approximate surface area is 263 Å². The van der Waals surface area contributed by atoms with Crippen molar-refractivity contribution in [3.05, 3.63) is 144 Å². The summed E-state index contributed by atoms with van der Waals surface area (Å²) in [6.45, 7) is 4.31. The number of fused-ring (bicyclic) bond motifs is 1. The van der Waals surface area contributed by atoms with Crippen LogP contribution in [0.25, 0.3) is 10.8 Å². The molecule has 44 heavy (non-hydrogen) atoms. The van der Waals surface area contributed by atoms with Gasteiger partial charge < -0.3 is 20.1 Å². The van der Waals surface area contributed by atoms with Crippen LogP contribution in [0.2, 0.25) is 0 Å². The van der Waals surface area contributed by atoms with E-state index in [4.69, 9.17) is 4.74 Å². The van der Waals surface area contributed by atoms with Crippen molar-refractivity contribution in [3.63, 3.8) is 0 Å². The van der Waals surface area contributed by atoms with Crippen molar-refractivity contribution in [1.29, 1.82) is 0 Å². The van der Waals surface area contributed by atoms with Crippen molar-refractivity contribution in [1.82, 2.24) is 10.2 Å². The molecule has 0 radical (unpaired) electrons. The van der Waals surface area contributed by atoms with E-state index in [1.165, 1.54) is 34.0 Å². The van der Waals surface area contributed by atoms with E-state index in [2.05, 4.69) is 79.0 Å². The number of likely N-dealkylation sites (tertiary alicyclic amines) is 1. The van der Waals surface area contributed by atoms with Crippen molar-refractivity contribution in [2.45, 2.75) is 18.9 Å². The Kier molecular flexibility index (Phi) is 9.63. The van der Waals surface area contributed by atoms with Gasteiger partial charge in [-0.15, -0.1) is 12.4 Å². The third kappa shape index (κ3) is 6.77. The van der Waals surface area contributed by atoms with E-state index in [0.29, 0.717) is 30.2 Å². The van der Waals surface area contributed by atoms with E-state index >= 15 is 0 Å². The summed E-state index contributed by atoms with van der Waals surface area (Å²) < 4.78 is 5.84. The van der Waals surface area contributed by atoms with E-state index < -0.39 is 5.97 Å². The molecule has 0 aliphatic carbocycles. The third-order valence-electron chi connectivity index (χ3n) is 8.35. The molecule has 1 saturated heterocycles. The number of carbonyl (C=O) groups excluding carboxylic acids is 1. The van der Waals surface area contributed by atoms with Gasteiger partial charge in [0.2, 0.25) is 0 Å². The second-order valence-electron chi connectivity index (χ2n) is 11.1. The first kappa shape index (κ1) is 30.8. The van der Waals surface area contributed by atoms with Crippen molar-refractivity contribution < 1.29 is 19.4 Å². The largest absolute Gasteiger partial charge is 0.478 e. The molecule has 1 amide bonds. The fraction of sp³-hybridized carbons (Fsp3) is 0.189. The number of carboxylic acids is 1. The Morgan fingerprint density at radius 1 is 0.818 bits per heavy atom. The number of ether oxygens (including phenoxy) is 1. The smallest absolute Gasteiger partial charge is 0.335 e. The van der Waals surface area contributed by atoms with Gasteiger partial charge in [0.05, 0.1) is 5.56 Å². The molecule has 1 aliphatic rings. The van der Waals surface area contributed by atoms with Gasteiger partial charge in [-0.25, -0.2) is 4.79 Å². The summed E-state index contributed by atoms with van der Waals surface area (Å²) in [6.07, 6.45) is 0. The van der Waals surface area contributed by atoms with Crippen LogP contribution in [0, 0.1) is 5.92 Å². The number of nitrogens with zero attached hydrogens (tertiary/aromatic N) is 1. The van der Waals surface area contributed by atoms with Crippen LogP contribution in [-0.2, 0) is 0 Å². The summed E-state index contributed by atoms with van der Waals surface area (Å²) >= 11 is 0. The molecule has 5 aromatic rings. The van der Waals surface area contributed by atoms with Crippen LogP contribution < -0.4 is 10.1 Å². The van der Waals surface area contributed by atoms with E-state index in [1.807, 2.05) is 11.0 Å². The zero-order valence-corrected chi connectivity index (χ0v) is 25.2. The van der Waals surface area contributed by atoms with Gasteiger partial charge in [0, 0.05) is 37.2 Å². The average Bonchev–Trinajstić information content (AvgIpc) is 3.48. The first-order valence-electron chi connectivity index (χ1n) is 14.6. The molecule has 0 unspecified atom stereocenters. The van der Waals surface area contributed by atoms with E-state index in [9.17, 15) is 14.7 Å². The van der Waals surface area contributed by atoms with Crippen LogP contribution >= 0.6 is 12.4 Å². The van der Waals surface area contributed by atoms with Crippen LogP contribution in [0.4, 0.5) is 0 Å². The maximum absolute atomic E-state index is 13.7. The fourth-order valence-electron chi connectivity index (χ4n) is 6.06. The number of hydrogen-bond donors (Lipinski definition) is 2. The number of rotatable bonds is 9. The van der Waals surface area contributed by atoms with Gasteiger partial charge in [-0.3, -0.25) is 4.79 Å². The lowest BCUT2D eigenvalue weighted by Crippen LogP contribution is -2.32. The molecule has 0 saturated carbocycles. The Balaban J connectivity index is 0.00000384. The Bertz CT molecular complexity index is 1740. The van der Waals surface area contributed by atoms with Gasteiger partial charge in [-0.05, 0) is 77.2 Å². The number of hydrogen-bond acceptors (Lipinski definition) is 4. The Morgan fingerprint density at radius 3 is 2.30 bits per heavy atom. The monoisotopic (exact) mass is 606 g/mol. The van der Waals surface area contributed by atoms with Crippen molar-refractivity contribution in [2.75, 3.05) is 19.6 Å². The van der Waals surface area contributed by atoms with Crippen LogP contribution in [0.1, 0.15) is 50.7 Å². The molecule has 1 heterocycles. The zero-order chi connectivity index (χ0) is 29.8. The quantitative estimate of drug-likeness (QED) is 0.178. The van der Waals surface area contributed by atoms with Crippen molar-refractivity contribution >= 4 is 35.1 Å². The minimum Gasteiger partial charge on any atom is -0.478 e. The molecule has 6 rings (SSSR count). The maximum atomic E-state index is 13.7. The number of amides is 1. The third-order valence-corrected chi connectivity index (χ3v) is 8.35. The molecule has 6 nitrogen and oxygen atoms in total. The molecule has 2 N–H and O–H groups in total. The molecule has 3 atom stereocenters. The number of carbonyl (C=O) groups is 2. The lowest BCUT2D eigenvalue weighted by molar-refractivity contribution is 0.0695. The molecule has 1 aliphatic heterocycles. The lowest BCUT2D eigenvalue weighted by Gasteiger charge is -2.23. The predicted octanol–water partition coefficient (Wildman–Crippen LogP) is 7.96. The molecule has 0 spiro atoms. The lowest BCUT2D eigenvalue weighted by atomic mass is 9.88. The van der Waals surface area contributed by atoms with Gasteiger partial charge >= 0.3 is 5.97 Å². The van der Waals surface area contributed by atoms with Gasteiger partial charge in [0.1, 0.15) is 11.5 Å². The molecular weight excluding hydrogens is 572 g/mol. The number of benzene rings is 5. The van der Waals surface area contributed by atoms with Crippen molar-refractivity contribution in [2.24, 2.45) is 5.92 Å². The fourth-order valence-corrected chi connectivity index (χ4v) is 6.06. The summed E-state index contributed by atoms with van der Waals surface area (Å²) in [6, 6.07) is 38.9. The topological polar surface area (TPSA) is 78.9 Å². The van der Waals surface area contributed by atoms with Crippen LogP contribution in [0.15, 0.2) is 121 Å². The molecular formula is C37H35ClN2O4. The molecule has 7 heteroatoms. The second-order valence-corrected chi connectivity index (χ2v) is 11.1. The van der Waals surface area contributed by atoms with E-state index in [1.54, 1.807) is 36.4 Å². The summed E-state index contributed by atoms with van der Waals surface area (Å²) in [5.41, 5.74) is 3.27. The Morgan fingerprint density at radius 2 is 1.52 bits per heavy atom. The average molecular weight is 607 g/mol. The first-order chi connectivity index (χ1) is 21.0. The number of aromatic carboxylic acids is 1. The molecule has 5 aromatic carbocycles. The normalized spacial score (nSPS) is 16.7. The molecule has 0 bridgehead atoms. The highest BCUT2D eigenvalue weighted by molar-refractivity contribution is 5.94. The number of carboxylic acid groups (broad SMARTS) is 1. The predicted molar refractivity (Wildman–Crippen MR) is 176 cm³/mol. The standard InChI is InChI=1S/C37H34N2O4.ClH/c1-25(33-16-8-12-26-11-5-6-15-34(26)33)38-22-30-23-39(24-35(30)27-9-3-2-4-10-27)36(40)28-17-19-31(20-18-28)43-32-14-7-13-29(21-32)37(41)42;/h2-21,25,30,35,38H,22-24H2,1H3,(H,41,42);1H/t25-,30+,35-;/m1./s1. The van der Waals surface area contributed by atoms with Gasteiger partial charge in [-0.2, -0.15) is 0 Å². The summed E-state index contributed by atoms with van der Waals surface area (Å²) in [7, 11) is 0. The summed E-state index contributed by atoms with van der Waals surface area (Å²) in [5, 5.41) is 15.5. The van der Waals surface area contributed by atoms with Gasteiger partial charge in [0.25, 0.3) is 5.91 Å². The minimum absolute atomic E-state index is 0. The highest BCUT2D eigenvalue weighted by Gasteiger charge is 2.36. The summed E-state index contributed by atoms with van der Waals surface area (Å²) in [5.74, 6) is 0.422. The SMILES string of the molecule is C[C@@H](NC[C@H]1CN(C(=O)c2ccc(Oc3cccc(C(=O)O)c3)cc2)C[C@@H]1c1ccccc1)c1cccc2ccccc12.Cl. The van der Waals surface area contributed by atoms with Crippen LogP contribution in [0.5, 0.6) is 11.5 Å². The number of nitrogens with one attached hydrogen (secondary N) is 1. The molecule has 0 aromatic heterocycles. The van der Waals surface area contributed by atoms with Gasteiger partial charge in [0.15, 0.2) is 0 Å². The maximum Gasteiger partial charge on any atom is 0.335 e. The number of halogens is 1. The summed E-state index contributed by atoms with van der Waals surface area (Å²) in [4.78, 5) is 26.9. The van der Waals surface area contributed by atoms with Crippen molar-refractivity contribution in [3.8, 4) is 11.5 Å². The Hall–Kier alpha value is -4.65. The second kappa shape index (κ2) is 13.8. The van der Waals surface area contributed by atoms with E-state index in [-0.39, 0.29) is 41.8 Å². The van der Waals surface area contributed by atoms with Crippen LogP contribution in [-0.4, -0.2) is 41.5 Å².